The van der Waals surface area contributed by atoms with Crippen LogP contribution < -0.4 is 11.1 Å². The van der Waals surface area contributed by atoms with E-state index in [1.807, 2.05) is 6.92 Å². The van der Waals surface area contributed by atoms with Crippen molar-refractivity contribution in [3.05, 3.63) is 0 Å². The highest BCUT2D eigenvalue weighted by Gasteiger charge is 2.39. The Kier molecular flexibility index (Phi) is 6.92. The Labute approximate surface area is 122 Å². The van der Waals surface area contributed by atoms with Crippen molar-refractivity contribution >= 4 is 5.91 Å². The van der Waals surface area contributed by atoms with E-state index in [9.17, 15) is 9.90 Å². The van der Waals surface area contributed by atoms with Gasteiger partial charge >= 0.3 is 0 Å². The van der Waals surface area contributed by atoms with Gasteiger partial charge in [0.25, 0.3) is 0 Å². The highest BCUT2D eigenvalue weighted by Crippen LogP contribution is 2.25. The number of aliphatic hydroxyl groups is 1. The van der Waals surface area contributed by atoms with E-state index in [2.05, 4.69) is 19.2 Å². The molecule has 1 rings (SSSR count). The molecule has 3 atom stereocenters. The summed E-state index contributed by atoms with van der Waals surface area (Å²) < 4.78 is 5.35. The zero-order chi connectivity index (χ0) is 15.2. The lowest BCUT2D eigenvalue weighted by Gasteiger charge is -2.26. The summed E-state index contributed by atoms with van der Waals surface area (Å²) in [6, 6.07) is 0. The molecule has 0 bridgehead atoms. The third-order valence-electron chi connectivity index (χ3n) is 4.47. The number of hydrogen-bond acceptors (Lipinski definition) is 4. The lowest BCUT2D eigenvalue weighted by atomic mass is 9.88. The first-order chi connectivity index (χ1) is 9.39. The SMILES string of the molecule is CC(C)C(CCN)CCC(=O)NCC1(O)CCOC1C. The summed E-state index contributed by atoms with van der Waals surface area (Å²) in [7, 11) is 0. The summed E-state index contributed by atoms with van der Waals surface area (Å²) in [5.74, 6) is 1.03. The van der Waals surface area contributed by atoms with E-state index < -0.39 is 5.60 Å². The molecule has 0 aromatic carbocycles. The van der Waals surface area contributed by atoms with Gasteiger partial charge in [-0.25, -0.2) is 0 Å². The standard InChI is InChI=1S/C15H30N2O3/c1-11(2)13(6-8-16)4-5-14(18)17-10-15(19)7-9-20-12(15)3/h11-13,19H,4-10,16H2,1-3H3,(H,17,18). The van der Waals surface area contributed by atoms with Crippen molar-refractivity contribution < 1.29 is 14.6 Å². The quantitative estimate of drug-likeness (QED) is 0.622. The molecule has 1 amide bonds. The van der Waals surface area contributed by atoms with Gasteiger partial charge in [-0.3, -0.25) is 4.79 Å². The molecule has 0 aromatic heterocycles. The number of rotatable bonds is 8. The number of amides is 1. The fourth-order valence-corrected chi connectivity index (χ4v) is 2.68. The maximum Gasteiger partial charge on any atom is 0.220 e. The molecule has 4 N–H and O–H groups in total. The number of carbonyl (C=O) groups is 1. The fraction of sp³-hybridized carbons (Fsp3) is 0.933. The van der Waals surface area contributed by atoms with Crippen LogP contribution >= 0.6 is 0 Å². The number of hydrogen-bond donors (Lipinski definition) is 3. The molecule has 0 radical (unpaired) electrons. The summed E-state index contributed by atoms with van der Waals surface area (Å²) in [6.45, 7) is 7.67. The van der Waals surface area contributed by atoms with Crippen LogP contribution in [0.3, 0.4) is 0 Å². The van der Waals surface area contributed by atoms with E-state index in [0.717, 1.165) is 12.8 Å². The molecular weight excluding hydrogens is 256 g/mol. The first-order valence-corrected chi connectivity index (χ1v) is 7.70. The molecule has 118 valence electrons. The topological polar surface area (TPSA) is 84.6 Å². The van der Waals surface area contributed by atoms with Crippen molar-refractivity contribution in [2.45, 2.75) is 58.2 Å². The highest BCUT2D eigenvalue weighted by atomic mass is 16.5. The Balaban J connectivity index is 2.29. The summed E-state index contributed by atoms with van der Waals surface area (Å²) in [4.78, 5) is 11.9. The number of nitrogens with one attached hydrogen (secondary N) is 1. The van der Waals surface area contributed by atoms with Gasteiger partial charge in [0.2, 0.25) is 5.91 Å². The lowest BCUT2D eigenvalue weighted by molar-refractivity contribution is -0.123. The van der Waals surface area contributed by atoms with Gasteiger partial charge in [0.1, 0.15) is 5.60 Å². The number of ether oxygens (including phenoxy) is 1. The van der Waals surface area contributed by atoms with Gasteiger partial charge in [0, 0.05) is 26.0 Å². The van der Waals surface area contributed by atoms with Gasteiger partial charge < -0.3 is 20.9 Å². The second-order valence-electron chi connectivity index (χ2n) is 6.26. The number of nitrogens with two attached hydrogens (primary N) is 1. The highest BCUT2D eigenvalue weighted by molar-refractivity contribution is 5.75. The van der Waals surface area contributed by atoms with Gasteiger partial charge in [-0.1, -0.05) is 13.8 Å². The molecule has 1 fully saturated rings. The van der Waals surface area contributed by atoms with Gasteiger partial charge in [-0.15, -0.1) is 0 Å². The van der Waals surface area contributed by atoms with Gasteiger partial charge in [0.15, 0.2) is 0 Å². The van der Waals surface area contributed by atoms with Crippen LogP contribution in [0, 0.1) is 11.8 Å². The molecule has 20 heavy (non-hydrogen) atoms. The van der Waals surface area contributed by atoms with Crippen LogP contribution in [0.5, 0.6) is 0 Å². The van der Waals surface area contributed by atoms with Crippen LogP contribution in [-0.4, -0.2) is 42.4 Å². The van der Waals surface area contributed by atoms with Gasteiger partial charge in [-0.2, -0.15) is 0 Å². The zero-order valence-electron chi connectivity index (χ0n) is 13.0. The van der Waals surface area contributed by atoms with Crippen LogP contribution in [-0.2, 0) is 9.53 Å². The third kappa shape index (κ3) is 5.04. The van der Waals surface area contributed by atoms with E-state index in [0.29, 0.717) is 37.8 Å². The summed E-state index contributed by atoms with van der Waals surface area (Å²) >= 11 is 0. The molecule has 0 aromatic rings. The Bertz CT molecular complexity index is 309. The largest absolute Gasteiger partial charge is 0.385 e. The smallest absolute Gasteiger partial charge is 0.220 e. The summed E-state index contributed by atoms with van der Waals surface area (Å²) in [5.41, 5.74) is 4.69. The molecule has 3 unspecified atom stereocenters. The van der Waals surface area contributed by atoms with Crippen LogP contribution in [0.4, 0.5) is 0 Å². The predicted octanol–water partition coefficient (Wildman–Crippen LogP) is 1.04. The molecule has 0 saturated carbocycles. The van der Waals surface area contributed by atoms with Crippen LogP contribution in [0.15, 0.2) is 0 Å². The maximum atomic E-state index is 11.9. The average molecular weight is 286 g/mol. The minimum absolute atomic E-state index is 0.000182. The van der Waals surface area contributed by atoms with Crippen LogP contribution in [0.2, 0.25) is 0 Å². The normalized spacial score (nSPS) is 27.8. The number of carbonyl (C=O) groups excluding carboxylic acids is 1. The fourth-order valence-electron chi connectivity index (χ4n) is 2.68. The molecule has 5 nitrogen and oxygen atoms in total. The van der Waals surface area contributed by atoms with E-state index in [4.69, 9.17) is 10.5 Å². The van der Waals surface area contributed by atoms with E-state index in [-0.39, 0.29) is 18.6 Å². The zero-order valence-corrected chi connectivity index (χ0v) is 13.0. The van der Waals surface area contributed by atoms with Crippen molar-refractivity contribution in [3.63, 3.8) is 0 Å². The molecule has 1 saturated heterocycles. The minimum atomic E-state index is -0.912. The van der Waals surface area contributed by atoms with Gasteiger partial charge in [-0.05, 0) is 38.1 Å². The first-order valence-electron chi connectivity index (χ1n) is 7.70. The van der Waals surface area contributed by atoms with Crippen LogP contribution in [0.25, 0.3) is 0 Å². The Hall–Kier alpha value is -0.650. The summed E-state index contributed by atoms with van der Waals surface area (Å²) in [6.07, 6.45) is 2.67. The third-order valence-corrected chi connectivity index (χ3v) is 4.47. The van der Waals surface area contributed by atoms with Crippen molar-refractivity contribution in [2.75, 3.05) is 19.7 Å². The lowest BCUT2D eigenvalue weighted by Crippen LogP contribution is -2.47. The maximum absolute atomic E-state index is 11.9. The Morgan fingerprint density at radius 2 is 2.20 bits per heavy atom. The average Bonchev–Trinajstić information content (AvgIpc) is 2.72. The second kappa shape index (κ2) is 7.96. The van der Waals surface area contributed by atoms with E-state index in [1.54, 1.807) is 0 Å². The predicted molar refractivity (Wildman–Crippen MR) is 79.2 cm³/mol. The Morgan fingerprint density at radius 1 is 1.50 bits per heavy atom. The van der Waals surface area contributed by atoms with Crippen molar-refractivity contribution in [1.29, 1.82) is 0 Å². The molecule has 1 aliphatic rings. The molecule has 1 heterocycles. The molecule has 5 heteroatoms. The van der Waals surface area contributed by atoms with Crippen molar-refractivity contribution in [2.24, 2.45) is 17.6 Å². The molecule has 0 spiro atoms. The van der Waals surface area contributed by atoms with Crippen molar-refractivity contribution in [1.82, 2.24) is 5.32 Å². The molecule has 1 aliphatic heterocycles. The molecular formula is C15H30N2O3. The first kappa shape index (κ1) is 17.4. The minimum Gasteiger partial charge on any atom is -0.385 e. The van der Waals surface area contributed by atoms with E-state index >= 15 is 0 Å². The summed E-state index contributed by atoms with van der Waals surface area (Å²) in [5, 5.41) is 13.1. The van der Waals surface area contributed by atoms with Crippen LogP contribution in [0.1, 0.15) is 46.5 Å². The second-order valence-corrected chi connectivity index (χ2v) is 6.26. The molecule has 0 aliphatic carbocycles. The Morgan fingerprint density at radius 3 is 2.70 bits per heavy atom. The van der Waals surface area contributed by atoms with E-state index in [1.165, 1.54) is 0 Å². The van der Waals surface area contributed by atoms with Crippen molar-refractivity contribution in [3.8, 4) is 0 Å². The monoisotopic (exact) mass is 286 g/mol. The van der Waals surface area contributed by atoms with Gasteiger partial charge in [0.05, 0.1) is 6.10 Å².